The molecular formula is C16H20N4O3. The average Bonchev–Trinajstić information content (AvgIpc) is 3.24. The number of hydrogen-bond donors (Lipinski definition) is 0. The van der Waals surface area contributed by atoms with Crippen molar-refractivity contribution in [2.45, 2.75) is 19.8 Å². The average molecular weight is 316 g/mol. The standard InChI is InChI=1S/C16H20N4O3/c1-3-23-16(21)14-15(19-10-4-5-11-19)18-20(17-14)12-6-8-13(22-2)9-7-12/h6-9H,3-5,10-11H2,1-2H3. The number of esters is 1. The molecule has 0 saturated carbocycles. The summed E-state index contributed by atoms with van der Waals surface area (Å²) in [6.45, 7) is 3.86. The van der Waals surface area contributed by atoms with Gasteiger partial charge < -0.3 is 14.4 Å². The van der Waals surface area contributed by atoms with Crippen molar-refractivity contribution in [3.63, 3.8) is 0 Å². The molecule has 0 spiro atoms. The molecular weight excluding hydrogens is 296 g/mol. The van der Waals surface area contributed by atoms with Gasteiger partial charge in [0.1, 0.15) is 5.75 Å². The molecule has 1 aliphatic rings. The van der Waals surface area contributed by atoms with Crippen LogP contribution in [0.1, 0.15) is 30.3 Å². The van der Waals surface area contributed by atoms with Gasteiger partial charge in [-0.05, 0) is 44.0 Å². The lowest BCUT2D eigenvalue weighted by atomic mass is 10.3. The van der Waals surface area contributed by atoms with E-state index in [1.807, 2.05) is 24.3 Å². The summed E-state index contributed by atoms with van der Waals surface area (Å²) in [6.07, 6.45) is 2.19. The highest BCUT2D eigenvalue weighted by atomic mass is 16.5. The maximum absolute atomic E-state index is 12.2. The van der Waals surface area contributed by atoms with Crippen LogP contribution in [-0.2, 0) is 4.74 Å². The molecule has 2 heterocycles. The van der Waals surface area contributed by atoms with Crippen LogP contribution in [0.2, 0.25) is 0 Å². The number of aromatic nitrogens is 3. The number of hydrogen-bond acceptors (Lipinski definition) is 6. The minimum atomic E-state index is -0.436. The SMILES string of the molecule is CCOC(=O)c1nn(-c2ccc(OC)cc2)nc1N1CCCC1. The van der Waals surface area contributed by atoms with Crippen LogP contribution < -0.4 is 9.64 Å². The predicted molar refractivity (Wildman–Crippen MR) is 85.3 cm³/mol. The Labute approximate surface area is 134 Å². The molecule has 0 radical (unpaired) electrons. The van der Waals surface area contributed by atoms with E-state index >= 15 is 0 Å². The van der Waals surface area contributed by atoms with Crippen LogP contribution in [0.25, 0.3) is 5.69 Å². The summed E-state index contributed by atoms with van der Waals surface area (Å²) >= 11 is 0. The first-order valence-corrected chi connectivity index (χ1v) is 7.76. The van der Waals surface area contributed by atoms with E-state index < -0.39 is 5.97 Å². The third-order valence-electron chi connectivity index (χ3n) is 3.77. The smallest absolute Gasteiger partial charge is 0.362 e. The zero-order valence-corrected chi connectivity index (χ0v) is 13.4. The number of rotatable bonds is 5. The molecule has 0 unspecified atom stereocenters. The number of carbonyl (C=O) groups is 1. The fourth-order valence-corrected chi connectivity index (χ4v) is 2.60. The van der Waals surface area contributed by atoms with Gasteiger partial charge in [0, 0.05) is 13.1 Å². The Balaban J connectivity index is 1.97. The van der Waals surface area contributed by atoms with Crippen LogP contribution in [0.15, 0.2) is 24.3 Å². The van der Waals surface area contributed by atoms with E-state index in [1.165, 1.54) is 4.80 Å². The summed E-state index contributed by atoms with van der Waals surface area (Å²) in [5.74, 6) is 0.914. The second kappa shape index (κ2) is 6.68. The first-order chi connectivity index (χ1) is 11.2. The first kappa shape index (κ1) is 15.3. The summed E-state index contributed by atoms with van der Waals surface area (Å²) in [4.78, 5) is 15.7. The maximum Gasteiger partial charge on any atom is 0.362 e. The highest BCUT2D eigenvalue weighted by Crippen LogP contribution is 2.23. The summed E-state index contributed by atoms with van der Waals surface area (Å²) in [7, 11) is 1.62. The van der Waals surface area contributed by atoms with Gasteiger partial charge in [0.05, 0.1) is 19.4 Å². The largest absolute Gasteiger partial charge is 0.497 e. The van der Waals surface area contributed by atoms with E-state index in [2.05, 4.69) is 15.1 Å². The Hall–Kier alpha value is -2.57. The molecule has 7 heteroatoms. The highest BCUT2D eigenvalue weighted by molar-refractivity contribution is 5.92. The molecule has 1 aromatic heterocycles. The van der Waals surface area contributed by atoms with E-state index in [9.17, 15) is 4.79 Å². The van der Waals surface area contributed by atoms with Crippen LogP contribution in [0.5, 0.6) is 5.75 Å². The minimum absolute atomic E-state index is 0.268. The van der Waals surface area contributed by atoms with Gasteiger partial charge in [-0.3, -0.25) is 0 Å². The molecule has 1 aromatic carbocycles. The number of carbonyl (C=O) groups excluding carboxylic acids is 1. The summed E-state index contributed by atoms with van der Waals surface area (Å²) in [5, 5.41) is 8.86. The van der Waals surface area contributed by atoms with E-state index in [-0.39, 0.29) is 5.69 Å². The topological polar surface area (TPSA) is 69.5 Å². The Morgan fingerprint density at radius 2 is 1.87 bits per heavy atom. The van der Waals surface area contributed by atoms with Gasteiger partial charge in [-0.15, -0.1) is 15.0 Å². The van der Waals surface area contributed by atoms with E-state index in [4.69, 9.17) is 9.47 Å². The summed E-state index contributed by atoms with van der Waals surface area (Å²) in [5.41, 5.74) is 1.03. The van der Waals surface area contributed by atoms with Crippen LogP contribution in [0, 0.1) is 0 Å². The number of ether oxygens (including phenoxy) is 2. The molecule has 0 amide bonds. The van der Waals surface area contributed by atoms with Crippen LogP contribution in [-0.4, -0.2) is 47.8 Å². The Kier molecular flexibility index (Phi) is 4.45. The fraction of sp³-hybridized carbons (Fsp3) is 0.438. The van der Waals surface area contributed by atoms with Crippen molar-refractivity contribution in [1.29, 1.82) is 0 Å². The van der Waals surface area contributed by atoms with Crippen LogP contribution >= 0.6 is 0 Å². The van der Waals surface area contributed by atoms with E-state index in [1.54, 1.807) is 14.0 Å². The third-order valence-corrected chi connectivity index (χ3v) is 3.77. The van der Waals surface area contributed by atoms with Crippen LogP contribution in [0.3, 0.4) is 0 Å². The molecule has 0 aliphatic carbocycles. The van der Waals surface area contributed by atoms with E-state index in [0.717, 1.165) is 37.4 Å². The molecule has 3 rings (SSSR count). The molecule has 0 atom stereocenters. The monoisotopic (exact) mass is 316 g/mol. The van der Waals surface area contributed by atoms with Crippen molar-refractivity contribution in [2.75, 3.05) is 31.7 Å². The van der Waals surface area contributed by atoms with Gasteiger partial charge in [-0.1, -0.05) is 0 Å². The number of benzene rings is 1. The lowest BCUT2D eigenvalue weighted by Gasteiger charge is -2.14. The Bertz CT molecular complexity index is 675. The molecule has 2 aromatic rings. The number of nitrogens with zero attached hydrogens (tertiary/aromatic N) is 4. The second-order valence-corrected chi connectivity index (χ2v) is 5.27. The maximum atomic E-state index is 12.2. The quantitative estimate of drug-likeness (QED) is 0.786. The van der Waals surface area contributed by atoms with Gasteiger partial charge in [0.2, 0.25) is 5.69 Å². The zero-order valence-electron chi connectivity index (χ0n) is 13.4. The van der Waals surface area contributed by atoms with Crippen molar-refractivity contribution in [3.05, 3.63) is 30.0 Å². The molecule has 23 heavy (non-hydrogen) atoms. The van der Waals surface area contributed by atoms with Crippen molar-refractivity contribution in [2.24, 2.45) is 0 Å². The summed E-state index contributed by atoms with van der Waals surface area (Å²) in [6, 6.07) is 7.36. The molecule has 0 N–H and O–H groups in total. The van der Waals surface area contributed by atoms with Crippen molar-refractivity contribution in [1.82, 2.24) is 15.0 Å². The number of anilines is 1. The third kappa shape index (κ3) is 3.13. The van der Waals surface area contributed by atoms with Gasteiger partial charge in [0.25, 0.3) is 0 Å². The second-order valence-electron chi connectivity index (χ2n) is 5.27. The molecule has 1 fully saturated rings. The molecule has 7 nitrogen and oxygen atoms in total. The lowest BCUT2D eigenvalue weighted by molar-refractivity contribution is 0.0519. The van der Waals surface area contributed by atoms with Gasteiger partial charge in [0.15, 0.2) is 5.82 Å². The molecule has 1 aliphatic heterocycles. The van der Waals surface area contributed by atoms with Crippen molar-refractivity contribution in [3.8, 4) is 11.4 Å². The zero-order chi connectivity index (χ0) is 16.2. The Morgan fingerprint density at radius 1 is 1.17 bits per heavy atom. The van der Waals surface area contributed by atoms with Gasteiger partial charge in [-0.25, -0.2) is 4.79 Å². The predicted octanol–water partition coefficient (Wildman–Crippen LogP) is 2.05. The van der Waals surface area contributed by atoms with Crippen molar-refractivity contribution < 1.29 is 14.3 Å². The van der Waals surface area contributed by atoms with Crippen molar-refractivity contribution >= 4 is 11.8 Å². The fourth-order valence-electron chi connectivity index (χ4n) is 2.60. The molecule has 122 valence electrons. The normalized spacial score (nSPS) is 14.1. The Morgan fingerprint density at radius 3 is 2.48 bits per heavy atom. The van der Waals surface area contributed by atoms with Gasteiger partial charge in [-0.2, -0.15) is 0 Å². The lowest BCUT2D eigenvalue weighted by Crippen LogP contribution is -2.21. The number of methoxy groups -OCH3 is 1. The highest BCUT2D eigenvalue weighted by Gasteiger charge is 2.26. The first-order valence-electron chi connectivity index (χ1n) is 7.76. The van der Waals surface area contributed by atoms with Gasteiger partial charge >= 0.3 is 5.97 Å². The van der Waals surface area contributed by atoms with E-state index in [0.29, 0.717) is 12.4 Å². The molecule has 1 saturated heterocycles. The summed E-state index contributed by atoms with van der Waals surface area (Å²) < 4.78 is 10.3. The molecule has 0 bridgehead atoms. The minimum Gasteiger partial charge on any atom is -0.497 e. The van der Waals surface area contributed by atoms with Crippen LogP contribution in [0.4, 0.5) is 5.82 Å².